The number of anilines is 1. The van der Waals surface area contributed by atoms with Crippen LogP contribution >= 0.6 is 0 Å². The molecule has 0 aliphatic heterocycles. The molecule has 0 saturated heterocycles. The molecule has 0 radical (unpaired) electrons. The molecule has 0 bridgehead atoms. The van der Waals surface area contributed by atoms with Crippen molar-refractivity contribution in [2.45, 2.75) is 18.2 Å². The van der Waals surface area contributed by atoms with Gasteiger partial charge < -0.3 is 4.74 Å². The predicted octanol–water partition coefficient (Wildman–Crippen LogP) is 0.494. The van der Waals surface area contributed by atoms with Crippen molar-refractivity contribution < 1.29 is 21.6 Å². The van der Waals surface area contributed by atoms with Crippen molar-refractivity contribution in [2.24, 2.45) is 5.14 Å². The largest absolute Gasteiger partial charge is 0.495 e. The van der Waals surface area contributed by atoms with E-state index in [-0.39, 0.29) is 22.1 Å². The van der Waals surface area contributed by atoms with E-state index < -0.39 is 20.0 Å². The number of methoxy groups -OCH3 is 1. The lowest BCUT2D eigenvalue weighted by molar-refractivity contribution is 0.416. The first kappa shape index (κ1) is 15.7. The van der Waals surface area contributed by atoms with E-state index >= 15 is 0 Å². The second-order valence-corrected chi connectivity index (χ2v) is 7.23. The third-order valence-electron chi connectivity index (χ3n) is 2.24. The van der Waals surface area contributed by atoms with Gasteiger partial charge >= 0.3 is 0 Å². The van der Waals surface area contributed by atoms with Crippen molar-refractivity contribution in [3.8, 4) is 5.75 Å². The minimum atomic E-state index is -3.91. The molecule has 1 rings (SSSR count). The summed E-state index contributed by atoms with van der Waals surface area (Å²) >= 11 is 0. The topological polar surface area (TPSA) is 116 Å². The monoisotopic (exact) mass is 308 g/mol. The quantitative estimate of drug-likeness (QED) is 0.793. The van der Waals surface area contributed by atoms with Gasteiger partial charge in [-0.05, 0) is 24.6 Å². The summed E-state index contributed by atoms with van der Waals surface area (Å²) in [5, 5.41) is 4.99. The normalized spacial score (nSPS) is 12.2. The van der Waals surface area contributed by atoms with Crippen LogP contribution in [-0.2, 0) is 20.0 Å². The van der Waals surface area contributed by atoms with Gasteiger partial charge in [0, 0.05) is 0 Å². The highest BCUT2D eigenvalue weighted by atomic mass is 32.2. The van der Waals surface area contributed by atoms with Crippen LogP contribution in [0.3, 0.4) is 0 Å². The van der Waals surface area contributed by atoms with Gasteiger partial charge in [0.15, 0.2) is 0 Å². The van der Waals surface area contributed by atoms with Crippen LogP contribution in [0.2, 0.25) is 0 Å². The minimum Gasteiger partial charge on any atom is -0.495 e. The Morgan fingerprint density at radius 2 is 1.89 bits per heavy atom. The first-order valence-corrected chi connectivity index (χ1v) is 8.61. The molecule has 3 N–H and O–H groups in total. The summed E-state index contributed by atoms with van der Waals surface area (Å²) in [6.45, 7) is 1.72. The molecule has 108 valence electrons. The fourth-order valence-electron chi connectivity index (χ4n) is 1.43. The molecule has 1 aromatic carbocycles. The Labute approximate surface area is 112 Å². The van der Waals surface area contributed by atoms with E-state index in [1.807, 2.05) is 0 Å². The molecule has 1 aromatic rings. The molecule has 0 amide bonds. The highest BCUT2D eigenvalue weighted by Gasteiger charge is 2.16. The fraction of sp³-hybridized carbons (Fsp3) is 0.400. The number of primary sulfonamides is 1. The molecular weight excluding hydrogens is 292 g/mol. The Kier molecular flexibility index (Phi) is 4.77. The lowest BCUT2D eigenvalue weighted by atomic mass is 10.3. The van der Waals surface area contributed by atoms with Crippen molar-refractivity contribution >= 4 is 25.7 Å². The Balaban J connectivity index is 3.25. The molecule has 0 spiro atoms. The zero-order valence-electron chi connectivity index (χ0n) is 10.6. The van der Waals surface area contributed by atoms with E-state index in [1.54, 1.807) is 6.92 Å². The molecule has 0 aliphatic rings. The van der Waals surface area contributed by atoms with E-state index in [4.69, 9.17) is 9.88 Å². The van der Waals surface area contributed by atoms with Gasteiger partial charge in [-0.25, -0.2) is 22.0 Å². The Bertz CT molecular complexity index is 652. The van der Waals surface area contributed by atoms with Crippen LogP contribution in [0, 0.1) is 0 Å². The zero-order chi connectivity index (χ0) is 14.7. The Morgan fingerprint density at radius 3 is 2.37 bits per heavy atom. The molecule has 0 fully saturated rings. The van der Waals surface area contributed by atoms with Crippen molar-refractivity contribution in [3.63, 3.8) is 0 Å². The summed E-state index contributed by atoms with van der Waals surface area (Å²) in [7, 11) is -6.10. The second-order valence-electron chi connectivity index (χ2n) is 3.83. The van der Waals surface area contributed by atoms with Gasteiger partial charge in [0.25, 0.3) is 0 Å². The fourth-order valence-corrected chi connectivity index (χ4v) is 3.11. The third kappa shape index (κ3) is 4.37. The first-order valence-electron chi connectivity index (χ1n) is 5.41. The van der Waals surface area contributed by atoms with Gasteiger partial charge in [0.05, 0.1) is 23.4 Å². The molecule has 0 aromatic heterocycles. The molecular formula is C10H16N2O5S2. The molecule has 9 heteroatoms. The van der Waals surface area contributed by atoms with E-state index in [0.717, 1.165) is 6.07 Å². The molecule has 0 aliphatic carbocycles. The summed E-state index contributed by atoms with van der Waals surface area (Å²) in [6.07, 6.45) is 0.437. The van der Waals surface area contributed by atoms with Crippen molar-refractivity contribution in [2.75, 3.05) is 17.6 Å². The van der Waals surface area contributed by atoms with Gasteiger partial charge in [-0.2, -0.15) is 0 Å². The summed E-state index contributed by atoms with van der Waals surface area (Å²) in [5.41, 5.74) is 0.0440. The van der Waals surface area contributed by atoms with Gasteiger partial charge in [0.2, 0.25) is 20.0 Å². The Morgan fingerprint density at radius 1 is 1.26 bits per heavy atom. The van der Waals surface area contributed by atoms with Gasteiger partial charge in [0.1, 0.15) is 5.75 Å². The maximum atomic E-state index is 11.7. The van der Waals surface area contributed by atoms with Crippen molar-refractivity contribution in [3.05, 3.63) is 18.2 Å². The minimum absolute atomic E-state index is 0.0440. The van der Waals surface area contributed by atoms with E-state index in [2.05, 4.69) is 4.72 Å². The van der Waals surface area contributed by atoms with Crippen LogP contribution in [0.1, 0.15) is 13.3 Å². The van der Waals surface area contributed by atoms with Crippen LogP contribution in [0.15, 0.2) is 23.1 Å². The molecule has 0 heterocycles. The number of hydrogen-bond donors (Lipinski definition) is 2. The van der Waals surface area contributed by atoms with E-state index in [9.17, 15) is 16.8 Å². The average Bonchev–Trinajstić information content (AvgIpc) is 2.27. The second kappa shape index (κ2) is 5.76. The summed E-state index contributed by atoms with van der Waals surface area (Å²) in [6, 6.07) is 3.71. The van der Waals surface area contributed by atoms with Crippen LogP contribution in [0.25, 0.3) is 0 Å². The lowest BCUT2D eigenvalue weighted by Crippen LogP contribution is -2.18. The number of sulfonamides is 2. The number of rotatable bonds is 6. The number of hydrogen-bond acceptors (Lipinski definition) is 5. The summed E-state index contributed by atoms with van der Waals surface area (Å²) in [5.74, 6) is 0.141. The smallest absolute Gasteiger partial charge is 0.238 e. The third-order valence-corrected chi connectivity index (χ3v) is 4.63. The van der Waals surface area contributed by atoms with Crippen molar-refractivity contribution in [1.29, 1.82) is 0 Å². The molecule has 7 nitrogen and oxygen atoms in total. The molecule has 0 atom stereocenters. The first-order chi connectivity index (χ1) is 8.69. The average molecular weight is 308 g/mol. The standard InChI is InChI=1S/C10H16N2O5S2/c1-3-6-18(13,14)12-9-7-8(19(11,15)16)4-5-10(9)17-2/h4-5,7,12H,3,6H2,1-2H3,(H2,11,15,16). The molecule has 19 heavy (non-hydrogen) atoms. The van der Waals surface area contributed by atoms with Crippen LogP contribution < -0.4 is 14.6 Å². The van der Waals surface area contributed by atoms with Gasteiger partial charge in [-0.15, -0.1) is 0 Å². The number of benzene rings is 1. The maximum absolute atomic E-state index is 11.7. The predicted molar refractivity (Wildman–Crippen MR) is 72.1 cm³/mol. The molecule has 0 saturated carbocycles. The summed E-state index contributed by atoms with van der Waals surface area (Å²) < 4.78 is 53.1. The van der Waals surface area contributed by atoms with Crippen LogP contribution in [-0.4, -0.2) is 29.7 Å². The van der Waals surface area contributed by atoms with Crippen molar-refractivity contribution in [1.82, 2.24) is 0 Å². The zero-order valence-corrected chi connectivity index (χ0v) is 12.2. The van der Waals surface area contributed by atoms with E-state index in [1.165, 1.54) is 19.2 Å². The summed E-state index contributed by atoms with van der Waals surface area (Å²) in [4.78, 5) is -0.192. The number of ether oxygens (including phenoxy) is 1. The highest BCUT2D eigenvalue weighted by Crippen LogP contribution is 2.28. The number of nitrogens with one attached hydrogen (secondary N) is 1. The maximum Gasteiger partial charge on any atom is 0.238 e. The SMILES string of the molecule is CCCS(=O)(=O)Nc1cc(S(N)(=O)=O)ccc1OC. The number of nitrogens with two attached hydrogens (primary N) is 1. The highest BCUT2D eigenvalue weighted by molar-refractivity contribution is 7.92. The Hall–Kier alpha value is -1.32. The van der Waals surface area contributed by atoms with Crippen LogP contribution in [0.4, 0.5) is 5.69 Å². The lowest BCUT2D eigenvalue weighted by Gasteiger charge is -2.12. The van der Waals surface area contributed by atoms with Gasteiger partial charge in [-0.3, -0.25) is 4.72 Å². The molecule has 0 unspecified atom stereocenters. The van der Waals surface area contributed by atoms with Crippen LogP contribution in [0.5, 0.6) is 5.75 Å². The van der Waals surface area contributed by atoms with Gasteiger partial charge in [-0.1, -0.05) is 6.92 Å². The van der Waals surface area contributed by atoms with E-state index in [0.29, 0.717) is 6.42 Å².